The van der Waals surface area contributed by atoms with E-state index in [9.17, 15) is 13.2 Å². The number of hydrogen-bond acceptors (Lipinski definition) is 6. The van der Waals surface area contributed by atoms with Crippen LogP contribution in [-0.2, 0) is 27.5 Å². The third kappa shape index (κ3) is 5.29. The molecule has 0 unspecified atom stereocenters. The zero-order chi connectivity index (χ0) is 21.6. The number of tetrazole rings is 1. The highest BCUT2D eigenvalue weighted by Crippen LogP contribution is 2.14. The van der Waals surface area contributed by atoms with E-state index in [2.05, 4.69) is 20.8 Å². The zero-order valence-corrected chi connectivity index (χ0v) is 17.8. The first-order valence-electron chi connectivity index (χ1n) is 9.84. The van der Waals surface area contributed by atoms with Gasteiger partial charge in [-0.05, 0) is 60.0 Å². The summed E-state index contributed by atoms with van der Waals surface area (Å²) in [6.07, 6.45) is 1.60. The van der Waals surface area contributed by atoms with E-state index in [1.165, 1.54) is 6.92 Å². The lowest BCUT2D eigenvalue weighted by Crippen LogP contribution is -2.34. The van der Waals surface area contributed by atoms with Crippen LogP contribution in [-0.4, -0.2) is 45.5 Å². The average molecular weight is 428 g/mol. The van der Waals surface area contributed by atoms with Crippen molar-refractivity contribution in [3.63, 3.8) is 0 Å². The molecule has 1 N–H and O–H groups in total. The number of benzene rings is 2. The molecule has 0 bridgehead atoms. The Bertz CT molecular complexity index is 1080. The zero-order valence-electron chi connectivity index (χ0n) is 17.0. The molecule has 0 aliphatic rings. The molecule has 2 aromatic carbocycles. The van der Waals surface area contributed by atoms with Crippen LogP contribution in [0.5, 0.6) is 0 Å². The highest BCUT2D eigenvalue weighted by atomic mass is 32.2. The van der Waals surface area contributed by atoms with Gasteiger partial charge in [0.25, 0.3) is 0 Å². The Morgan fingerprint density at radius 1 is 1.10 bits per heavy atom. The van der Waals surface area contributed by atoms with Crippen molar-refractivity contribution in [1.82, 2.24) is 20.2 Å². The van der Waals surface area contributed by atoms with Gasteiger partial charge in [-0.3, -0.25) is 4.79 Å². The lowest BCUT2D eigenvalue weighted by Gasteiger charge is -2.13. The molecule has 0 radical (unpaired) electrons. The van der Waals surface area contributed by atoms with E-state index in [4.69, 9.17) is 0 Å². The predicted octanol–water partition coefficient (Wildman–Crippen LogP) is 2.60. The standard InChI is InChI=1S/C21H25N5O3S/c1-3-17-11-13-18(14-12-17)22-21(27)16(2)30(28,29)15-7-10-20-23-24-25-26(20)19-8-5-4-6-9-19/h4-6,8-9,11-14,16H,3,7,10,15H2,1-2H3,(H,22,27)/t16-/m1/s1. The molecule has 0 aliphatic heterocycles. The molecule has 9 heteroatoms. The van der Waals surface area contributed by atoms with Gasteiger partial charge in [-0.25, -0.2) is 8.42 Å². The molecule has 1 atom stereocenters. The number of anilines is 1. The molecule has 0 aliphatic carbocycles. The summed E-state index contributed by atoms with van der Waals surface area (Å²) >= 11 is 0. The molecule has 1 heterocycles. The summed E-state index contributed by atoms with van der Waals surface area (Å²) in [5, 5.41) is 13.2. The third-order valence-corrected chi connectivity index (χ3v) is 7.05. The molecule has 3 aromatic rings. The molecule has 8 nitrogen and oxygen atoms in total. The van der Waals surface area contributed by atoms with Crippen molar-refractivity contribution in [2.75, 3.05) is 11.1 Å². The van der Waals surface area contributed by atoms with Gasteiger partial charge < -0.3 is 5.32 Å². The first-order valence-corrected chi connectivity index (χ1v) is 11.6. The summed E-state index contributed by atoms with van der Waals surface area (Å²) in [5.74, 6) is -0.0873. The number of aromatic nitrogens is 4. The number of aryl methyl sites for hydroxylation is 2. The molecule has 0 spiro atoms. The Balaban J connectivity index is 1.57. The predicted molar refractivity (Wildman–Crippen MR) is 115 cm³/mol. The second-order valence-electron chi connectivity index (χ2n) is 6.99. The van der Waals surface area contributed by atoms with Crippen molar-refractivity contribution in [3.8, 4) is 5.69 Å². The van der Waals surface area contributed by atoms with Crippen LogP contribution < -0.4 is 5.32 Å². The normalized spacial score (nSPS) is 12.5. The van der Waals surface area contributed by atoms with Crippen molar-refractivity contribution >= 4 is 21.4 Å². The maximum Gasteiger partial charge on any atom is 0.242 e. The molecule has 0 saturated carbocycles. The fraction of sp³-hybridized carbons (Fsp3) is 0.333. The molecular formula is C21H25N5O3S. The van der Waals surface area contributed by atoms with Gasteiger partial charge in [-0.2, -0.15) is 4.68 Å². The number of hydrogen-bond donors (Lipinski definition) is 1. The number of amides is 1. The quantitative estimate of drug-likeness (QED) is 0.562. The van der Waals surface area contributed by atoms with E-state index in [-0.39, 0.29) is 5.75 Å². The smallest absolute Gasteiger partial charge is 0.242 e. The van der Waals surface area contributed by atoms with Crippen molar-refractivity contribution in [2.24, 2.45) is 0 Å². The number of nitrogens with one attached hydrogen (secondary N) is 1. The van der Waals surface area contributed by atoms with Crippen molar-refractivity contribution in [1.29, 1.82) is 0 Å². The number of para-hydroxylation sites is 1. The highest BCUT2D eigenvalue weighted by Gasteiger charge is 2.28. The monoisotopic (exact) mass is 427 g/mol. The third-order valence-electron chi connectivity index (χ3n) is 4.90. The van der Waals surface area contributed by atoms with E-state index >= 15 is 0 Å². The van der Waals surface area contributed by atoms with Gasteiger partial charge in [-0.1, -0.05) is 37.3 Å². The summed E-state index contributed by atoms with van der Waals surface area (Å²) < 4.78 is 26.8. The van der Waals surface area contributed by atoms with Crippen LogP contribution >= 0.6 is 0 Å². The second kappa shape index (κ2) is 9.62. The topological polar surface area (TPSA) is 107 Å². The summed E-state index contributed by atoms with van der Waals surface area (Å²) in [4.78, 5) is 12.4. The molecule has 3 rings (SSSR count). The van der Waals surface area contributed by atoms with Gasteiger partial charge in [0.05, 0.1) is 11.4 Å². The first kappa shape index (κ1) is 21.6. The van der Waals surface area contributed by atoms with Crippen LogP contribution in [0.25, 0.3) is 5.69 Å². The number of sulfone groups is 1. The SMILES string of the molecule is CCc1ccc(NC(=O)[C@@H](C)S(=O)(=O)CCCc2nnnn2-c2ccccc2)cc1. The Morgan fingerprint density at radius 3 is 2.47 bits per heavy atom. The summed E-state index contributed by atoms with van der Waals surface area (Å²) in [5.41, 5.74) is 2.54. The number of carbonyl (C=O) groups excluding carboxylic acids is 1. The van der Waals surface area contributed by atoms with Crippen LogP contribution in [0, 0.1) is 0 Å². The Labute approximate surface area is 176 Å². The van der Waals surface area contributed by atoms with Gasteiger partial charge >= 0.3 is 0 Å². The molecule has 30 heavy (non-hydrogen) atoms. The summed E-state index contributed by atoms with van der Waals surface area (Å²) in [6, 6.07) is 16.8. The summed E-state index contributed by atoms with van der Waals surface area (Å²) in [7, 11) is -3.61. The van der Waals surface area contributed by atoms with Gasteiger partial charge in [0.15, 0.2) is 15.7 Å². The Kier molecular flexibility index (Phi) is 6.94. The van der Waals surface area contributed by atoms with Gasteiger partial charge in [0.1, 0.15) is 5.25 Å². The van der Waals surface area contributed by atoms with E-state index in [0.29, 0.717) is 24.4 Å². The van der Waals surface area contributed by atoms with E-state index < -0.39 is 21.0 Å². The highest BCUT2D eigenvalue weighted by molar-refractivity contribution is 7.92. The molecule has 1 aromatic heterocycles. The van der Waals surface area contributed by atoms with Crippen molar-refractivity contribution < 1.29 is 13.2 Å². The lowest BCUT2D eigenvalue weighted by atomic mass is 10.1. The maximum absolute atomic E-state index is 12.6. The van der Waals surface area contributed by atoms with E-state index in [1.54, 1.807) is 16.8 Å². The number of carbonyl (C=O) groups is 1. The molecule has 0 saturated heterocycles. The van der Waals surface area contributed by atoms with Gasteiger partial charge in [0, 0.05) is 12.1 Å². The molecular weight excluding hydrogens is 402 g/mol. The van der Waals surface area contributed by atoms with Crippen LogP contribution in [0.4, 0.5) is 5.69 Å². The van der Waals surface area contributed by atoms with E-state index in [1.807, 2.05) is 49.4 Å². The number of rotatable bonds is 9. The van der Waals surface area contributed by atoms with E-state index in [0.717, 1.165) is 17.7 Å². The lowest BCUT2D eigenvalue weighted by molar-refractivity contribution is -0.115. The molecule has 1 amide bonds. The molecule has 158 valence electrons. The first-order chi connectivity index (χ1) is 14.4. The fourth-order valence-corrected chi connectivity index (χ4v) is 4.26. The minimum Gasteiger partial charge on any atom is -0.325 e. The Hall–Kier alpha value is -3.07. The fourth-order valence-electron chi connectivity index (χ4n) is 2.97. The van der Waals surface area contributed by atoms with Crippen LogP contribution in [0.1, 0.15) is 31.7 Å². The maximum atomic E-state index is 12.6. The Morgan fingerprint density at radius 2 is 1.80 bits per heavy atom. The largest absolute Gasteiger partial charge is 0.325 e. The minimum atomic E-state index is -3.61. The van der Waals surface area contributed by atoms with Crippen molar-refractivity contribution in [2.45, 2.75) is 38.4 Å². The van der Waals surface area contributed by atoms with Crippen LogP contribution in [0.2, 0.25) is 0 Å². The second-order valence-corrected chi connectivity index (χ2v) is 9.44. The average Bonchev–Trinajstić information content (AvgIpc) is 3.22. The molecule has 0 fully saturated rings. The van der Waals surface area contributed by atoms with Gasteiger partial charge in [0.2, 0.25) is 5.91 Å². The number of nitrogens with zero attached hydrogens (tertiary/aromatic N) is 4. The summed E-state index contributed by atoms with van der Waals surface area (Å²) in [6.45, 7) is 3.46. The van der Waals surface area contributed by atoms with Crippen molar-refractivity contribution in [3.05, 3.63) is 66.0 Å². The minimum absolute atomic E-state index is 0.127. The van der Waals surface area contributed by atoms with Gasteiger partial charge in [-0.15, -0.1) is 5.10 Å². The van der Waals surface area contributed by atoms with Crippen LogP contribution in [0.3, 0.4) is 0 Å². The van der Waals surface area contributed by atoms with Crippen LogP contribution in [0.15, 0.2) is 54.6 Å².